The first-order chi connectivity index (χ1) is 13.9. The monoisotopic (exact) mass is 438 g/mol. The Kier molecular flexibility index (Phi) is 8.05. The summed E-state index contributed by atoms with van der Waals surface area (Å²) in [5.74, 6) is -0.319. The molecule has 30 heavy (non-hydrogen) atoms. The number of hydrogen-bond donors (Lipinski definition) is 1. The first-order valence-corrected chi connectivity index (χ1v) is 11.5. The number of nitrogens with zero attached hydrogens (tertiary/aromatic N) is 1. The molecule has 1 saturated heterocycles. The number of amides is 1. The molecule has 168 valence electrons. The zero-order chi connectivity index (χ0) is 22.6. The fourth-order valence-corrected chi connectivity index (χ4v) is 4.88. The number of likely N-dealkylation sites (tertiary alicyclic amines) is 1. The molecule has 1 aliphatic rings. The van der Waals surface area contributed by atoms with Crippen molar-refractivity contribution in [1.82, 2.24) is 9.62 Å². The van der Waals surface area contributed by atoms with Crippen LogP contribution in [0.2, 0.25) is 0 Å². The predicted molar refractivity (Wildman–Crippen MR) is 117 cm³/mol. The van der Waals surface area contributed by atoms with Crippen LogP contribution in [0, 0.1) is 26.7 Å². The van der Waals surface area contributed by atoms with Gasteiger partial charge < -0.3 is 14.4 Å². The average molecular weight is 439 g/mol. The van der Waals surface area contributed by atoms with Crippen LogP contribution in [0.5, 0.6) is 0 Å². The van der Waals surface area contributed by atoms with Gasteiger partial charge in [0, 0.05) is 13.1 Å². The van der Waals surface area contributed by atoms with Crippen molar-refractivity contribution >= 4 is 23.0 Å². The van der Waals surface area contributed by atoms with Gasteiger partial charge in [0.15, 0.2) is 0 Å². The molecule has 0 spiro atoms. The molecule has 0 saturated carbocycles. The summed E-state index contributed by atoms with van der Waals surface area (Å²) in [5, 5.41) is 0. The lowest BCUT2D eigenvalue weighted by molar-refractivity contribution is -0.145. The first-order valence-electron chi connectivity index (χ1n) is 10.3. The Morgan fingerprint density at radius 2 is 1.77 bits per heavy atom. The van der Waals surface area contributed by atoms with E-state index in [0.717, 1.165) is 16.7 Å². The van der Waals surface area contributed by atoms with E-state index in [1.807, 2.05) is 53.7 Å². The second-order valence-corrected chi connectivity index (χ2v) is 10.1. The van der Waals surface area contributed by atoms with E-state index in [2.05, 4.69) is 4.72 Å². The summed E-state index contributed by atoms with van der Waals surface area (Å²) in [6, 6.07) is 3.24. The van der Waals surface area contributed by atoms with Crippen LogP contribution in [0.15, 0.2) is 17.0 Å². The highest BCUT2D eigenvalue weighted by molar-refractivity contribution is 7.83. The topological polar surface area (TPSA) is 84.9 Å². The highest BCUT2D eigenvalue weighted by Gasteiger charge is 2.37. The van der Waals surface area contributed by atoms with Crippen molar-refractivity contribution in [2.24, 2.45) is 5.92 Å². The van der Waals surface area contributed by atoms with Gasteiger partial charge in [-0.05, 0) is 71.9 Å². The third-order valence-electron chi connectivity index (χ3n) is 4.79. The zero-order valence-electron chi connectivity index (χ0n) is 19.0. The second-order valence-electron chi connectivity index (χ2n) is 8.91. The molecule has 0 radical (unpaired) electrons. The Morgan fingerprint density at radius 1 is 1.20 bits per heavy atom. The largest absolute Gasteiger partial charge is 0.465 e. The molecular weight excluding hydrogens is 404 g/mol. The van der Waals surface area contributed by atoms with Crippen LogP contribution < -0.4 is 4.72 Å². The highest BCUT2D eigenvalue weighted by atomic mass is 32.2. The van der Waals surface area contributed by atoms with Gasteiger partial charge in [0.25, 0.3) is 0 Å². The second kappa shape index (κ2) is 9.92. The predicted octanol–water partition coefficient (Wildman–Crippen LogP) is 3.41. The number of rotatable bonds is 7. The van der Waals surface area contributed by atoms with E-state index < -0.39 is 28.6 Å². The molecule has 1 aliphatic heterocycles. The van der Waals surface area contributed by atoms with Crippen LogP contribution in [0.1, 0.15) is 50.8 Å². The molecule has 1 heterocycles. The molecule has 1 N–H and O–H groups in total. The van der Waals surface area contributed by atoms with Crippen molar-refractivity contribution in [3.8, 4) is 0 Å². The van der Waals surface area contributed by atoms with Gasteiger partial charge in [0.05, 0.1) is 11.5 Å². The summed E-state index contributed by atoms with van der Waals surface area (Å²) in [5.41, 5.74) is 2.39. The molecule has 0 bridgehead atoms. The van der Waals surface area contributed by atoms with Crippen LogP contribution in [-0.4, -0.2) is 52.5 Å². The lowest BCUT2D eigenvalue weighted by Crippen LogP contribution is -2.54. The van der Waals surface area contributed by atoms with Crippen molar-refractivity contribution in [3.05, 3.63) is 28.8 Å². The van der Waals surface area contributed by atoms with Crippen molar-refractivity contribution in [2.45, 2.75) is 71.4 Å². The van der Waals surface area contributed by atoms with Crippen molar-refractivity contribution in [2.75, 3.05) is 19.7 Å². The van der Waals surface area contributed by atoms with E-state index in [1.54, 1.807) is 11.8 Å². The van der Waals surface area contributed by atoms with Crippen molar-refractivity contribution in [1.29, 1.82) is 0 Å². The summed E-state index contributed by atoms with van der Waals surface area (Å²) in [6.07, 6.45) is 0.0854. The van der Waals surface area contributed by atoms with Gasteiger partial charge in [0.1, 0.15) is 22.6 Å². The molecular formula is C22H34N2O5S. The molecule has 8 heteroatoms. The Hall–Kier alpha value is -1.93. The highest BCUT2D eigenvalue weighted by Crippen LogP contribution is 2.25. The molecule has 0 aliphatic carbocycles. The van der Waals surface area contributed by atoms with Crippen LogP contribution in [0.25, 0.3) is 0 Å². The minimum Gasteiger partial charge on any atom is -0.465 e. The average Bonchev–Trinajstić information content (AvgIpc) is 2.53. The van der Waals surface area contributed by atoms with Crippen LogP contribution in [0.3, 0.4) is 0 Å². The molecule has 0 aromatic heterocycles. The summed E-state index contributed by atoms with van der Waals surface area (Å²) in [6.45, 7) is 14.3. The summed E-state index contributed by atoms with van der Waals surface area (Å²) in [7, 11) is -1.55. The van der Waals surface area contributed by atoms with Crippen molar-refractivity contribution in [3.63, 3.8) is 0 Å². The zero-order valence-corrected chi connectivity index (χ0v) is 19.9. The summed E-state index contributed by atoms with van der Waals surface area (Å²) in [4.78, 5) is 26.9. The number of hydrogen-bond acceptors (Lipinski definition) is 5. The van der Waals surface area contributed by atoms with E-state index in [4.69, 9.17) is 9.47 Å². The maximum atomic E-state index is 13.0. The molecule has 1 unspecified atom stereocenters. The standard InChI is InChI=1S/C22H34N2O5S/c1-8-28-20(25)18(11-17-12-24(13-17)21(26)29-22(5,6)7)23-30(27)19-15(3)9-14(2)10-16(19)4/h9-10,17-18,23H,8,11-13H2,1-7H3/t18-,30?/m0/s1. The van der Waals surface area contributed by atoms with Crippen LogP contribution in [-0.2, 0) is 25.3 Å². The number of ether oxygens (including phenoxy) is 2. The summed E-state index contributed by atoms with van der Waals surface area (Å²) < 4.78 is 26.6. The Bertz CT molecular complexity index is 789. The minimum atomic E-state index is -1.55. The van der Waals surface area contributed by atoms with Gasteiger partial charge in [0.2, 0.25) is 0 Å². The first kappa shape index (κ1) is 24.3. The van der Waals surface area contributed by atoms with E-state index in [0.29, 0.717) is 24.4 Å². The number of carbonyl (C=O) groups is 2. The fraction of sp³-hybridized carbons (Fsp3) is 0.636. The van der Waals surface area contributed by atoms with E-state index in [9.17, 15) is 13.8 Å². The van der Waals surface area contributed by atoms with Crippen LogP contribution >= 0.6 is 0 Å². The number of aryl methyl sites for hydroxylation is 3. The van der Waals surface area contributed by atoms with Gasteiger partial charge in [-0.25, -0.2) is 13.7 Å². The van der Waals surface area contributed by atoms with Gasteiger partial charge in [-0.3, -0.25) is 4.79 Å². The molecule has 1 fully saturated rings. The van der Waals surface area contributed by atoms with Crippen LogP contribution in [0.4, 0.5) is 4.79 Å². The SMILES string of the molecule is CCOC(=O)[C@H](CC1CN(C(=O)OC(C)(C)C)C1)NS(=O)c1c(C)cc(C)cc1C. The quantitative estimate of drug-likeness (QED) is 0.660. The van der Waals surface area contributed by atoms with Gasteiger partial charge in [-0.15, -0.1) is 0 Å². The normalized spacial score (nSPS) is 16.6. The minimum absolute atomic E-state index is 0.108. The Balaban J connectivity index is 2.03. The van der Waals surface area contributed by atoms with Gasteiger partial charge in [-0.1, -0.05) is 17.7 Å². The van der Waals surface area contributed by atoms with E-state index in [1.165, 1.54) is 0 Å². The molecule has 2 atom stereocenters. The lowest BCUT2D eigenvalue weighted by Gasteiger charge is -2.40. The third-order valence-corrected chi connectivity index (χ3v) is 6.30. The number of esters is 1. The smallest absolute Gasteiger partial charge is 0.410 e. The molecule has 2 rings (SSSR count). The third kappa shape index (κ3) is 6.54. The maximum Gasteiger partial charge on any atom is 0.410 e. The molecule has 1 amide bonds. The molecule has 7 nitrogen and oxygen atoms in total. The van der Waals surface area contributed by atoms with Gasteiger partial charge in [-0.2, -0.15) is 0 Å². The Morgan fingerprint density at radius 3 is 2.27 bits per heavy atom. The lowest BCUT2D eigenvalue weighted by atomic mass is 9.93. The van der Waals surface area contributed by atoms with Crippen molar-refractivity contribution < 1.29 is 23.3 Å². The molecule has 1 aromatic rings. The van der Waals surface area contributed by atoms with Gasteiger partial charge >= 0.3 is 12.1 Å². The molecule has 1 aromatic carbocycles. The number of carbonyl (C=O) groups excluding carboxylic acids is 2. The van der Waals surface area contributed by atoms with E-state index in [-0.39, 0.29) is 18.6 Å². The maximum absolute atomic E-state index is 13.0. The Labute approximate surface area is 182 Å². The number of nitrogens with one attached hydrogen (secondary N) is 1. The summed E-state index contributed by atoms with van der Waals surface area (Å²) >= 11 is 0. The fourth-order valence-electron chi connectivity index (χ4n) is 3.61. The number of benzene rings is 1. The van der Waals surface area contributed by atoms with E-state index >= 15 is 0 Å².